The minimum absolute atomic E-state index is 0.164. The smallest absolute Gasteiger partial charge is 0.123 e. The first-order valence-corrected chi connectivity index (χ1v) is 8.99. The van der Waals surface area contributed by atoms with Crippen molar-refractivity contribution in [3.8, 4) is 11.5 Å². The molecule has 0 unspecified atom stereocenters. The van der Waals surface area contributed by atoms with Crippen molar-refractivity contribution < 1.29 is 23.8 Å². The summed E-state index contributed by atoms with van der Waals surface area (Å²) in [7, 11) is 0. The number of morpholine rings is 1. The summed E-state index contributed by atoms with van der Waals surface area (Å²) >= 11 is 0. The van der Waals surface area contributed by atoms with Crippen LogP contribution in [-0.2, 0) is 9.47 Å². The standard InChI is InChI=1S/C19H31NO4/c1-15(2)23-19-7-5-6-18(12-19)22-11-10-21-9-8-20-13-16(3)24-17(4)14-20/h5-7,12,15-17H,8-11,13-14H2,1-4H3/p+1/t16-,17-/m0/s1. The molecule has 0 spiro atoms. The lowest BCUT2D eigenvalue weighted by molar-refractivity contribution is -0.915. The highest BCUT2D eigenvalue weighted by Crippen LogP contribution is 2.20. The highest BCUT2D eigenvalue weighted by molar-refractivity contribution is 5.33. The van der Waals surface area contributed by atoms with Crippen molar-refractivity contribution in [2.24, 2.45) is 0 Å². The molecule has 5 nitrogen and oxygen atoms in total. The Morgan fingerprint density at radius 1 is 1.08 bits per heavy atom. The quantitative estimate of drug-likeness (QED) is 0.694. The van der Waals surface area contributed by atoms with E-state index in [1.807, 2.05) is 38.1 Å². The van der Waals surface area contributed by atoms with Gasteiger partial charge in [-0.05, 0) is 39.8 Å². The number of hydrogen-bond acceptors (Lipinski definition) is 4. The molecule has 0 bridgehead atoms. The monoisotopic (exact) mass is 338 g/mol. The maximum atomic E-state index is 5.75. The normalized spacial score (nSPS) is 24.1. The average molecular weight is 338 g/mol. The molecule has 0 amide bonds. The Morgan fingerprint density at radius 2 is 1.79 bits per heavy atom. The molecule has 2 atom stereocenters. The number of ether oxygens (including phenoxy) is 4. The summed E-state index contributed by atoms with van der Waals surface area (Å²) in [6.07, 6.45) is 0.844. The van der Waals surface area contributed by atoms with Gasteiger partial charge in [0.05, 0.1) is 19.3 Å². The molecule has 2 rings (SSSR count). The Labute approximate surface area is 145 Å². The zero-order chi connectivity index (χ0) is 17.4. The summed E-state index contributed by atoms with van der Waals surface area (Å²) in [6, 6.07) is 7.74. The van der Waals surface area contributed by atoms with Gasteiger partial charge in [-0.3, -0.25) is 0 Å². The van der Waals surface area contributed by atoms with Gasteiger partial charge in [-0.15, -0.1) is 0 Å². The van der Waals surface area contributed by atoms with E-state index >= 15 is 0 Å². The van der Waals surface area contributed by atoms with Gasteiger partial charge >= 0.3 is 0 Å². The lowest BCUT2D eigenvalue weighted by Crippen LogP contribution is -3.15. The molecule has 1 saturated heterocycles. The van der Waals surface area contributed by atoms with E-state index in [0.29, 0.717) is 25.4 Å². The SMILES string of the molecule is CC(C)Oc1cccc(OCCOCC[NH+]2C[C@H](C)O[C@@H](C)C2)c1. The van der Waals surface area contributed by atoms with Crippen LogP contribution in [0.15, 0.2) is 24.3 Å². The zero-order valence-electron chi connectivity index (χ0n) is 15.4. The number of benzene rings is 1. The van der Waals surface area contributed by atoms with Crippen LogP contribution in [0.25, 0.3) is 0 Å². The predicted octanol–water partition coefficient (Wildman–Crippen LogP) is 1.56. The second kappa shape index (κ2) is 9.87. The summed E-state index contributed by atoms with van der Waals surface area (Å²) in [4.78, 5) is 1.56. The summed E-state index contributed by atoms with van der Waals surface area (Å²) in [5, 5.41) is 0. The molecule has 0 radical (unpaired) electrons. The number of rotatable bonds is 9. The molecule has 0 aliphatic carbocycles. The van der Waals surface area contributed by atoms with E-state index in [9.17, 15) is 0 Å². The van der Waals surface area contributed by atoms with E-state index in [2.05, 4.69) is 13.8 Å². The minimum atomic E-state index is 0.164. The first-order valence-electron chi connectivity index (χ1n) is 8.99. The van der Waals surface area contributed by atoms with Gasteiger partial charge in [0, 0.05) is 6.07 Å². The molecule has 1 aliphatic heterocycles. The van der Waals surface area contributed by atoms with Gasteiger partial charge in [0.15, 0.2) is 0 Å². The van der Waals surface area contributed by atoms with Gasteiger partial charge < -0.3 is 23.8 Å². The van der Waals surface area contributed by atoms with Crippen LogP contribution in [0.1, 0.15) is 27.7 Å². The molecular weight excluding hydrogens is 306 g/mol. The lowest BCUT2D eigenvalue weighted by atomic mass is 10.2. The Kier molecular flexibility index (Phi) is 7.82. The fourth-order valence-electron chi connectivity index (χ4n) is 3.04. The van der Waals surface area contributed by atoms with Crippen LogP contribution >= 0.6 is 0 Å². The third kappa shape index (κ3) is 7.07. The Hall–Kier alpha value is -1.30. The Morgan fingerprint density at radius 3 is 2.50 bits per heavy atom. The highest BCUT2D eigenvalue weighted by atomic mass is 16.5. The van der Waals surface area contributed by atoms with Crippen LogP contribution in [0.4, 0.5) is 0 Å². The molecule has 0 aromatic heterocycles. The van der Waals surface area contributed by atoms with E-state index in [0.717, 1.165) is 37.7 Å². The Balaban J connectivity index is 1.58. The fourth-order valence-corrected chi connectivity index (χ4v) is 3.04. The van der Waals surface area contributed by atoms with Crippen molar-refractivity contribution in [1.82, 2.24) is 0 Å². The van der Waals surface area contributed by atoms with E-state index in [4.69, 9.17) is 18.9 Å². The van der Waals surface area contributed by atoms with Crippen molar-refractivity contribution in [3.05, 3.63) is 24.3 Å². The molecule has 0 saturated carbocycles. The van der Waals surface area contributed by atoms with E-state index in [1.54, 1.807) is 4.90 Å². The van der Waals surface area contributed by atoms with Gasteiger partial charge in [-0.2, -0.15) is 0 Å². The first kappa shape index (κ1) is 19.0. The third-order valence-corrected chi connectivity index (χ3v) is 3.89. The van der Waals surface area contributed by atoms with Crippen LogP contribution < -0.4 is 14.4 Å². The lowest BCUT2D eigenvalue weighted by Gasteiger charge is -2.32. The van der Waals surface area contributed by atoms with E-state index in [1.165, 1.54) is 0 Å². The summed E-state index contributed by atoms with van der Waals surface area (Å²) in [6.45, 7) is 13.4. The molecule has 1 N–H and O–H groups in total. The van der Waals surface area contributed by atoms with Crippen LogP contribution in [0, 0.1) is 0 Å². The number of hydrogen-bond donors (Lipinski definition) is 1. The third-order valence-electron chi connectivity index (χ3n) is 3.89. The molecule has 1 fully saturated rings. The zero-order valence-corrected chi connectivity index (χ0v) is 15.4. The van der Waals surface area contributed by atoms with Crippen molar-refractivity contribution in [1.29, 1.82) is 0 Å². The van der Waals surface area contributed by atoms with Crippen molar-refractivity contribution >= 4 is 0 Å². The topological polar surface area (TPSA) is 41.4 Å². The van der Waals surface area contributed by atoms with E-state index < -0.39 is 0 Å². The van der Waals surface area contributed by atoms with E-state index in [-0.39, 0.29) is 6.10 Å². The molecule has 136 valence electrons. The van der Waals surface area contributed by atoms with Crippen molar-refractivity contribution in [3.63, 3.8) is 0 Å². The second-order valence-electron chi connectivity index (χ2n) is 6.77. The van der Waals surface area contributed by atoms with Gasteiger partial charge in [0.1, 0.15) is 49.9 Å². The fraction of sp³-hybridized carbons (Fsp3) is 0.684. The minimum Gasteiger partial charge on any atom is -0.491 e. The number of nitrogens with one attached hydrogen (secondary N) is 1. The van der Waals surface area contributed by atoms with Gasteiger partial charge in [0.25, 0.3) is 0 Å². The van der Waals surface area contributed by atoms with Crippen molar-refractivity contribution in [2.45, 2.75) is 46.0 Å². The van der Waals surface area contributed by atoms with Gasteiger partial charge in [-0.25, -0.2) is 0 Å². The molecule has 1 aromatic carbocycles. The van der Waals surface area contributed by atoms with Crippen LogP contribution in [0.3, 0.4) is 0 Å². The molecule has 1 aromatic rings. The maximum absolute atomic E-state index is 5.75. The molecule has 5 heteroatoms. The Bertz CT molecular complexity index is 470. The predicted molar refractivity (Wildman–Crippen MR) is 94.1 cm³/mol. The van der Waals surface area contributed by atoms with Crippen LogP contribution in [0.2, 0.25) is 0 Å². The van der Waals surface area contributed by atoms with Crippen molar-refractivity contribution in [2.75, 3.05) is 39.5 Å². The molecule has 1 heterocycles. The highest BCUT2D eigenvalue weighted by Gasteiger charge is 2.24. The summed E-state index contributed by atoms with van der Waals surface area (Å²) in [5.41, 5.74) is 0. The molecule has 1 aliphatic rings. The molecular formula is C19H32NO4+. The van der Waals surface area contributed by atoms with Crippen LogP contribution in [-0.4, -0.2) is 57.8 Å². The summed E-state index contributed by atoms with van der Waals surface area (Å²) in [5.74, 6) is 1.65. The van der Waals surface area contributed by atoms with Gasteiger partial charge in [0.2, 0.25) is 0 Å². The largest absolute Gasteiger partial charge is 0.491 e. The molecule has 24 heavy (non-hydrogen) atoms. The summed E-state index contributed by atoms with van der Waals surface area (Å²) < 4.78 is 22.8. The van der Waals surface area contributed by atoms with Gasteiger partial charge in [-0.1, -0.05) is 6.07 Å². The second-order valence-corrected chi connectivity index (χ2v) is 6.77. The first-order chi connectivity index (χ1) is 11.5. The average Bonchev–Trinajstić information content (AvgIpc) is 2.49. The number of quaternary nitrogens is 1. The van der Waals surface area contributed by atoms with Crippen LogP contribution in [0.5, 0.6) is 11.5 Å². The maximum Gasteiger partial charge on any atom is 0.123 e.